The van der Waals surface area contributed by atoms with Gasteiger partial charge in [-0.1, -0.05) is 18.2 Å². The first-order chi connectivity index (χ1) is 10.2. The van der Waals surface area contributed by atoms with Crippen molar-refractivity contribution in [3.63, 3.8) is 0 Å². The molecule has 1 aliphatic rings. The van der Waals surface area contributed by atoms with Crippen LogP contribution in [0.15, 0.2) is 24.3 Å². The fourth-order valence-electron chi connectivity index (χ4n) is 2.82. The topological polar surface area (TPSA) is 41.4 Å². The van der Waals surface area contributed by atoms with E-state index in [1.54, 1.807) is 4.68 Å². The molecular weight excluding hydrogens is 288 g/mol. The number of nitrogens with zero attached hydrogens (tertiary/aromatic N) is 4. The summed E-state index contributed by atoms with van der Waals surface area (Å²) in [5.41, 5.74) is 1.54. The van der Waals surface area contributed by atoms with Crippen molar-refractivity contribution < 1.29 is 4.79 Å². The number of amides is 1. The third kappa shape index (κ3) is 2.76. The number of carbonyl (C=O) groups is 1. The standard InChI is InChI=1S/C15H19ClN4O/c1-18-13-5-3-2-4-12(13)14(17-18)15(21)20-10-8-19(7-6-16)9-11-20/h2-5H,6-11H2,1H3. The van der Waals surface area contributed by atoms with Crippen molar-refractivity contribution >= 4 is 28.4 Å². The van der Waals surface area contributed by atoms with E-state index in [2.05, 4.69) is 10.00 Å². The molecular formula is C15H19ClN4O. The van der Waals surface area contributed by atoms with Crippen LogP contribution in [-0.2, 0) is 7.05 Å². The number of para-hydroxylation sites is 1. The molecule has 0 aliphatic carbocycles. The van der Waals surface area contributed by atoms with E-state index in [-0.39, 0.29) is 5.91 Å². The molecule has 5 nitrogen and oxygen atoms in total. The molecule has 0 N–H and O–H groups in total. The van der Waals surface area contributed by atoms with Gasteiger partial charge in [-0.25, -0.2) is 0 Å². The lowest BCUT2D eigenvalue weighted by Crippen LogP contribution is -2.49. The number of hydrogen-bond acceptors (Lipinski definition) is 3. The zero-order valence-corrected chi connectivity index (χ0v) is 12.9. The van der Waals surface area contributed by atoms with E-state index in [0.29, 0.717) is 11.6 Å². The van der Waals surface area contributed by atoms with Crippen molar-refractivity contribution in [2.75, 3.05) is 38.6 Å². The molecule has 6 heteroatoms. The summed E-state index contributed by atoms with van der Waals surface area (Å²) in [4.78, 5) is 16.9. The number of carbonyl (C=O) groups excluding carboxylic acids is 1. The number of hydrogen-bond donors (Lipinski definition) is 0. The minimum atomic E-state index is 0.0253. The highest BCUT2D eigenvalue weighted by molar-refractivity contribution is 6.18. The lowest BCUT2D eigenvalue weighted by Gasteiger charge is -2.34. The van der Waals surface area contributed by atoms with Crippen LogP contribution in [-0.4, -0.2) is 64.1 Å². The van der Waals surface area contributed by atoms with Gasteiger partial charge in [-0.05, 0) is 6.07 Å². The Hall–Kier alpha value is -1.59. The van der Waals surface area contributed by atoms with Crippen molar-refractivity contribution in [2.45, 2.75) is 0 Å². The van der Waals surface area contributed by atoms with Crippen molar-refractivity contribution in [2.24, 2.45) is 7.05 Å². The minimum Gasteiger partial charge on any atom is -0.335 e. The summed E-state index contributed by atoms with van der Waals surface area (Å²) in [5.74, 6) is 0.663. The Bertz CT molecular complexity index is 646. The van der Waals surface area contributed by atoms with Crippen LogP contribution < -0.4 is 0 Å². The van der Waals surface area contributed by atoms with Crippen LogP contribution in [0.3, 0.4) is 0 Å². The Morgan fingerprint density at radius 2 is 1.95 bits per heavy atom. The molecule has 1 fully saturated rings. The Kier molecular flexibility index (Phi) is 4.12. The van der Waals surface area contributed by atoms with Crippen LogP contribution in [0.4, 0.5) is 0 Å². The number of aromatic nitrogens is 2. The number of aryl methyl sites for hydroxylation is 1. The van der Waals surface area contributed by atoms with Crippen LogP contribution >= 0.6 is 11.6 Å². The molecule has 0 atom stereocenters. The molecule has 3 rings (SSSR count). The predicted octanol–water partition coefficient (Wildman–Crippen LogP) is 1.57. The highest BCUT2D eigenvalue weighted by Crippen LogP contribution is 2.19. The molecule has 2 aromatic rings. The molecule has 1 amide bonds. The second kappa shape index (κ2) is 6.03. The number of piperazine rings is 1. The van der Waals surface area contributed by atoms with Gasteiger partial charge in [0.15, 0.2) is 5.69 Å². The van der Waals surface area contributed by atoms with Gasteiger partial charge >= 0.3 is 0 Å². The molecule has 1 aliphatic heterocycles. The second-order valence-corrected chi connectivity index (χ2v) is 5.69. The second-order valence-electron chi connectivity index (χ2n) is 5.31. The van der Waals surface area contributed by atoms with Gasteiger partial charge in [0.2, 0.25) is 0 Å². The van der Waals surface area contributed by atoms with Crippen molar-refractivity contribution in [1.82, 2.24) is 19.6 Å². The van der Waals surface area contributed by atoms with Crippen LogP contribution in [0.1, 0.15) is 10.5 Å². The Labute approximate surface area is 129 Å². The first kappa shape index (κ1) is 14.4. The van der Waals surface area contributed by atoms with E-state index >= 15 is 0 Å². The molecule has 112 valence electrons. The van der Waals surface area contributed by atoms with Gasteiger partial charge in [-0.2, -0.15) is 5.10 Å². The summed E-state index contributed by atoms with van der Waals surface area (Å²) in [6.45, 7) is 4.11. The fourth-order valence-corrected chi connectivity index (χ4v) is 3.05. The van der Waals surface area contributed by atoms with E-state index in [9.17, 15) is 4.79 Å². The zero-order valence-electron chi connectivity index (χ0n) is 12.1. The van der Waals surface area contributed by atoms with E-state index in [4.69, 9.17) is 11.6 Å². The highest BCUT2D eigenvalue weighted by Gasteiger charge is 2.25. The van der Waals surface area contributed by atoms with Crippen molar-refractivity contribution in [3.8, 4) is 0 Å². The summed E-state index contributed by atoms with van der Waals surface area (Å²) in [7, 11) is 1.87. The maximum Gasteiger partial charge on any atom is 0.275 e. The van der Waals surface area contributed by atoms with E-state index < -0.39 is 0 Å². The average Bonchev–Trinajstić information content (AvgIpc) is 2.85. The van der Waals surface area contributed by atoms with Crippen LogP contribution in [0.25, 0.3) is 10.9 Å². The quantitative estimate of drug-likeness (QED) is 0.808. The van der Waals surface area contributed by atoms with Gasteiger partial charge in [0, 0.05) is 51.0 Å². The smallest absolute Gasteiger partial charge is 0.275 e. The van der Waals surface area contributed by atoms with Gasteiger partial charge < -0.3 is 4.90 Å². The fraction of sp³-hybridized carbons (Fsp3) is 0.467. The SMILES string of the molecule is Cn1nc(C(=O)N2CCN(CCCl)CC2)c2ccccc21. The van der Waals surface area contributed by atoms with Gasteiger partial charge in [-0.3, -0.25) is 14.4 Å². The summed E-state index contributed by atoms with van der Waals surface area (Å²) in [6.07, 6.45) is 0. The van der Waals surface area contributed by atoms with Gasteiger partial charge in [0.25, 0.3) is 5.91 Å². The molecule has 1 aromatic carbocycles. The average molecular weight is 307 g/mol. The Morgan fingerprint density at radius 1 is 1.24 bits per heavy atom. The third-order valence-corrected chi connectivity index (χ3v) is 4.19. The molecule has 0 spiro atoms. The molecule has 1 aromatic heterocycles. The van der Waals surface area contributed by atoms with Crippen LogP contribution in [0.5, 0.6) is 0 Å². The molecule has 2 heterocycles. The van der Waals surface area contributed by atoms with E-state index in [1.807, 2.05) is 36.2 Å². The van der Waals surface area contributed by atoms with E-state index in [0.717, 1.165) is 43.6 Å². The maximum atomic E-state index is 12.7. The Balaban J connectivity index is 1.79. The molecule has 1 saturated heterocycles. The first-order valence-corrected chi connectivity index (χ1v) is 7.73. The van der Waals surface area contributed by atoms with Crippen LogP contribution in [0.2, 0.25) is 0 Å². The molecule has 0 saturated carbocycles. The summed E-state index contributed by atoms with van der Waals surface area (Å²) in [6, 6.07) is 7.85. The lowest BCUT2D eigenvalue weighted by atomic mass is 10.2. The van der Waals surface area contributed by atoms with Crippen molar-refractivity contribution in [3.05, 3.63) is 30.0 Å². The number of benzene rings is 1. The highest BCUT2D eigenvalue weighted by atomic mass is 35.5. The summed E-state index contributed by atoms with van der Waals surface area (Å²) < 4.78 is 1.77. The van der Waals surface area contributed by atoms with Crippen molar-refractivity contribution in [1.29, 1.82) is 0 Å². The van der Waals surface area contributed by atoms with Gasteiger partial charge in [0.1, 0.15) is 0 Å². The third-order valence-electron chi connectivity index (χ3n) is 4.02. The van der Waals surface area contributed by atoms with Crippen LogP contribution in [0, 0.1) is 0 Å². The number of rotatable bonds is 3. The number of halogens is 1. The zero-order chi connectivity index (χ0) is 14.8. The van der Waals surface area contributed by atoms with Gasteiger partial charge in [-0.15, -0.1) is 11.6 Å². The molecule has 0 unspecified atom stereocenters. The first-order valence-electron chi connectivity index (χ1n) is 7.20. The number of alkyl halides is 1. The number of fused-ring (bicyclic) bond motifs is 1. The summed E-state index contributed by atoms with van der Waals surface area (Å²) in [5, 5.41) is 5.34. The Morgan fingerprint density at radius 3 is 2.67 bits per heavy atom. The van der Waals surface area contributed by atoms with E-state index in [1.165, 1.54) is 0 Å². The molecule has 0 radical (unpaired) electrons. The predicted molar refractivity (Wildman–Crippen MR) is 83.8 cm³/mol. The lowest BCUT2D eigenvalue weighted by molar-refractivity contribution is 0.0639. The monoisotopic (exact) mass is 306 g/mol. The normalized spacial score (nSPS) is 16.6. The summed E-state index contributed by atoms with van der Waals surface area (Å²) >= 11 is 5.76. The maximum absolute atomic E-state index is 12.7. The minimum absolute atomic E-state index is 0.0253. The molecule has 0 bridgehead atoms. The molecule has 21 heavy (non-hydrogen) atoms. The largest absolute Gasteiger partial charge is 0.335 e. The van der Waals surface area contributed by atoms with Gasteiger partial charge in [0.05, 0.1) is 5.52 Å².